The van der Waals surface area contributed by atoms with Crippen LogP contribution in [0.4, 0.5) is 0 Å². The van der Waals surface area contributed by atoms with Gasteiger partial charge < -0.3 is 15.4 Å². The van der Waals surface area contributed by atoms with Crippen molar-refractivity contribution in [1.82, 2.24) is 10.6 Å². The first-order valence-electron chi connectivity index (χ1n) is 9.67. The molecule has 0 spiro atoms. The second kappa shape index (κ2) is 10.2. The number of esters is 1. The molecule has 150 valence electrons. The molecular formula is C23H24N2O4. The topological polar surface area (TPSA) is 84.5 Å². The Labute approximate surface area is 170 Å². The summed E-state index contributed by atoms with van der Waals surface area (Å²) in [5.41, 5.74) is 1.53. The number of amides is 2. The lowest BCUT2D eigenvalue weighted by Crippen LogP contribution is -2.34. The van der Waals surface area contributed by atoms with Crippen LogP contribution in [0.3, 0.4) is 0 Å². The molecule has 3 rings (SSSR count). The minimum atomic E-state index is -0.988. The number of nitrogens with one attached hydrogen (secondary N) is 2. The molecule has 1 aliphatic rings. The van der Waals surface area contributed by atoms with Crippen molar-refractivity contribution in [3.63, 3.8) is 0 Å². The molecule has 6 heteroatoms. The summed E-state index contributed by atoms with van der Waals surface area (Å²) in [4.78, 5) is 36.6. The summed E-state index contributed by atoms with van der Waals surface area (Å²) < 4.78 is 5.42. The highest BCUT2D eigenvalue weighted by Crippen LogP contribution is 2.23. The Hall–Kier alpha value is -3.41. The summed E-state index contributed by atoms with van der Waals surface area (Å²) in [6.45, 7) is 0.128. The summed E-state index contributed by atoms with van der Waals surface area (Å²) in [5.74, 6) is -1.16. The minimum absolute atomic E-state index is 0.0229. The largest absolute Gasteiger partial charge is 0.447 e. The molecule has 1 saturated carbocycles. The van der Waals surface area contributed by atoms with E-state index >= 15 is 0 Å². The van der Waals surface area contributed by atoms with E-state index in [-0.39, 0.29) is 30.8 Å². The molecule has 0 saturated heterocycles. The molecule has 0 bridgehead atoms. The molecule has 2 amide bonds. The molecule has 0 aromatic heterocycles. The molecule has 2 aromatic rings. The van der Waals surface area contributed by atoms with Crippen molar-refractivity contribution in [3.8, 4) is 0 Å². The average Bonchev–Trinajstić information content (AvgIpc) is 3.56. The second-order valence-electron chi connectivity index (χ2n) is 6.85. The number of rotatable bonds is 9. The molecule has 0 radical (unpaired) electrons. The molecule has 0 aliphatic heterocycles. The third-order valence-corrected chi connectivity index (χ3v) is 4.37. The van der Waals surface area contributed by atoms with Crippen LogP contribution in [0.15, 0.2) is 66.7 Å². The second-order valence-corrected chi connectivity index (χ2v) is 6.85. The number of hydrogen-bond donors (Lipinski definition) is 2. The van der Waals surface area contributed by atoms with Crippen LogP contribution in [0.25, 0.3) is 6.08 Å². The summed E-state index contributed by atoms with van der Waals surface area (Å²) in [6.07, 6.45) is 3.99. The van der Waals surface area contributed by atoms with Crippen LogP contribution in [0.1, 0.15) is 36.5 Å². The SMILES string of the molecule is O=C(/C=C/c1ccccc1)NCCC(=O)O[C@H](C(=O)NC1CC1)c1ccccc1. The van der Waals surface area contributed by atoms with Crippen molar-refractivity contribution >= 4 is 23.9 Å². The van der Waals surface area contributed by atoms with E-state index in [1.165, 1.54) is 6.08 Å². The number of ether oxygens (including phenoxy) is 1. The van der Waals surface area contributed by atoms with Crippen molar-refractivity contribution < 1.29 is 19.1 Å². The first-order chi connectivity index (χ1) is 14.1. The van der Waals surface area contributed by atoms with E-state index in [4.69, 9.17) is 4.74 Å². The fourth-order valence-corrected chi connectivity index (χ4v) is 2.68. The molecule has 6 nitrogen and oxygen atoms in total. The summed E-state index contributed by atoms with van der Waals surface area (Å²) >= 11 is 0. The van der Waals surface area contributed by atoms with Gasteiger partial charge in [0.15, 0.2) is 0 Å². The molecule has 29 heavy (non-hydrogen) atoms. The molecule has 1 aliphatic carbocycles. The van der Waals surface area contributed by atoms with Gasteiger partial charge in [0.25, 0.3) is 5.91 Å². The van der Waals surface area contributed by atoms with Gasteiger partial charge in [0.05, 0.1) is 6.42 Å². The molecule has 2 aromatic carbocycles. The van der Waals surface area contributed by atoms with Crippen LogP contribution in [0, 0.1) is 0 Å². The molecule has 0 heterocycles. The van der Waals surface area contributed by atoms with E-state index in [0.29, 0.717) is 5.56 Å². The van der Waals surface area contributed by atoms with Crippen molar-refractivity contribution in [2.45, 2.75) is 31.4 Å². The average molecular weight is 392 g/mol. The predicted octanol–water partition coefficient (Wildman–Crippen LogP) is 2.77. The molecule has 0 unspecified atom stereocenters. The van der Waals surface area contributed by atoms with Gasteiger partial charge in [-0.05, 0) is 24.5 Å². The van der Waals surface area contributed by atoms with E-state index in [0.717, 1.165) is 18.4 Å². The van der Waals surface area contributed by atoms with E-state index in [1.807, 2.05) is 36.4 Å². The lowest BCUT2D eigenvalue weighted by atomic mass is 10.1. The van der Waals surface area contributed by atoms with Crippen LogP contribution in [-0.2, 0) is 19.1 Å². The van der Waals surface area contributed by atoms with Gasteiger partial charge in [-0.15, -0.1) is 0 Å². The maximum Gasteiger partial charge on any atom is 0.308 e. The Morgan fingerprint density at radius 2 is 1.66 bits per heavy atom. The highest BCUT2D eigenvalue weighted by molar-refractivity contribution is 5.92. The standard InChI is InChI=1S/C23H24N2O4/c26-20(14-11-17-7-3-1-4-8-17)24-16-15-21(27)29-22(18-9-5-2-6-10-18)23(28)25-19-12-13-19/h1-11,14,19,22H,12-13,15-16H2,(H,24,26)(H,25,28)/b14-11+/t22-/m0/s1. The van der Waals surface area contributed by atoms with Crippen molar-refractivity contribution in [2.75, 3.05) is 6.54 Å². The third-order valence-electron chi connectivity index (χ3n) is 4.37. The molecule has 1 fully saturated rings. The van der Waals surface area contributed by atoms with Gasteiger partial charge in [-0.2, -0.15) is 0 Å². The number of benzene rings is 2. The Morgan fingerprint density at radius 1 is 1.00 bits per heavy atom. The molecule has 2 N–H and O–H groups in total. The summed E-state index contributed by atoms with van der Waals surface area (Å²) in [5, 5.41) is 5.51. The van der Waals surface area contributed by atoms with Gasteiger partial charge in [-0.25, -0.2) is 0 Å². The fourth-order valence-electron chi connectivity index (χ4n) is 2.68. The van der Waals surface area contributed by atoms with Crippen LogP contribution in [-0.4, -0.2) is 30.4 Å². The third kappa shape index (κ3) is 6.92. The zero-order valence-electron chi connectivity index (χ0n) is 16.0. The van der Waals surface area contributed by atoms with E-state index in [1.54, 1.807) is 30.3 Å². The van der Waals surface area contributed by atoms with E-state index in [9.17, 15) is 14.4 Å². The number of carbonyl (C=O) groups excluding carboxylic acids is 3. The normalized spacial score (nSPS) is 14.2. The van der Waals surface area contributed by atoms with Crippen LogP contribution in [0.2, 0.25) is 0 Å². The van der Waals surface area contributed by atoms with Crippen LogP contribution in [0.5, 0.6) is 0 Å². The lowest BCUT2D eigenvalue weighted by Gasteiger charge is -2.18. The first-order valence-corrected chi connectivity index (χ1v) is 9.67. The highest BCUT2D eigenvalue weighted by atomic mass is 16.5. The summed E-state index contributed by atoms with van der Waals surface area (Å²) in [6, 6.07) is 18.5. The van der Waals surface area contributed by atoms with Crippen molar-refractivity contribution in [3.05, 3.63) is 77.9 Å². The van der Waals surface area contributed by atoms with Gasteiger partial charge in [0.1, 0.15) is 0 Å². The Bertz CT molecular complexity index is 861. The Balaban J connectivity index is 1.47. The smallest absolute Gasteiger partial charge is 0.308 e. The Morgan fingerprint density at radius 3 is 2.31 bits per heavy atom. The van der Waals surface area contributed by atoms with E-state index < -0.39 is 12.1 Å². The maximum atomic E-state index is 12.5. The minimum Gasteiger partial charge on any atom is -0.447 e. The van der Waals surface area contributed by atoms with Crippen LogP contribution >= 0.6 is 0 Å². The van der Waals surface area contributed by atoms with Gasteiger partial charge in [0.2, 0.25) is 12.0 Å². The fraction of sp³-hybridized carbons (Fsp3) is 0.261. The Kier molecular flexibility index (Phi) is 7.16. The number of hydrogen-bond acceptors (Lipinski definition) is 4. The quantitative estimate of drug-likeness (QED) is 0.508. The first kappa shape index (κ1) is 20.3. The maximum absolute atomic E-state index is 12.5. The van der Waals surface area contributed by atoms with Gasteiger partial charge in [0, 0.05) is 24.2 Å². The summed E-state index contributed by atoms with van der Waals surface area (Å²) in [7, 11) is 0. The van der Waals surface area contributed by atoms with Crippen LogP contribution < -0.4 is 10.6 Å². The van der Waals surface area contributed by atoms with Gasteiger partial charge >= 0.3 is 5.97 Å². The monoisotopic (exact) mass is 392 g/mol. The predicted molar refractivity (Wildman–Crippen MR) is 110 cm³/mol. The molecular weight excluding hydrogens is 368 g/mol. The zero-order chi connectivity index (χ0) is 20.5. The highest BCUT2D eigenvalue weighted by Gasteiger charge is 2.30. The van der Waals surface area contributed by atoms with Crippen molar-refractivity contribution in [1.29, 1.82) is 0 Å². The van der Waals surface area contributed by atoms with Gasteiger partial charge in [-0.1, -0.05) is 60.7 Å². The number of carbonyl (C=O) groups is 3. The van der Waals surface area contributed by atoms with E-state index in [2.05, 4.69) is 10.6 Å². The van der Waals surface area contributed by atoms with Gasteiger partial charge in [-0.3, -0.25) is 14.4 Å². The lowest BCUT2D eigenvalue weighted by molar-refractivity contribution is -0.156. The zero-order valence-corrected chi connectivity index (χ0v) is 16.0. The van der Waals surface area contributed by atoms with Crippen molar-refractivity contribution in [2.24, 2.45) is 0 Å². The molecule has 1 atom stereocenters.